The molecule has 28 heavy (non-hydrogen) atoms. The van der Waals surface area contributed by atoms with Crippen molar-refractivity contribution in [3.8, 4) is 0 Å². The standard InChI is InChI=1S/C25H33N3/c1-2-12-26-24(6-1)25-7-5-15-28(25)19-21-16-23(17-21)22-10-8-20(9-11-22)18-27-13-3-4-14-27/h1-2,6,8-12,21,23,25H,3-5,7,13-19H2/t21-,23+,25?. The van der Waals surface area contributed by atoms with E-state index in [0.717, 1.165) is 18.4 Å². The molecule has 3 heterocycles. The van der Waals surface area contributed by atoms with E-state index in [2.05, 4.69) is 51.2 Å². The summed E-state index contributed by atoms with van der Waals surface area (Å²) in [6, 6.07) is 16.5. The topological polar surface area (TPSA) is 19.4 Å². The van der Waals surface area contributed by atoms with E-state index in [1.165, 1.54) is 76.0 Å². The van der Waals surface area contributed by atoms with Crippen molar-refractivity contribution >= 4 is 0 Å². The zero-order valence-corrected chi connectivity index (χ0v) is 17.0. The molecule has 0 N–H and O–H groups in total. The van der Waals surface area contributed by atoms with Crippen LogP contribution in [0.2, 0.25) is 0 Å². The molecule has 3 nitrogen and oxygen atoms in total. The molecule has 3 heteroatoms. The van der Waals surface area contributed by atoms with Gasteiger partial charge in [0.1, 0.15) is 0 Å². The number of rotatable bonds is 6. The van der Waals surface area contributed by atoms with E-state index in [1.54, 1.807) is 5.56 Å². The second-order valence-corrected chi connectivity index (χ2v) is 9.17. The van der Waals surface area contributed by atoms with E-state index < -0.39 is 0 Å². The summed E-state index contributed by atoms with van der Waals surface area (Å²) >= 11 is 0. The normalized spacial score (nSPS) is 28.5. The Morgan fingerprint density at radius 2 is 1.71 bits per heavy atom. The first-order valence-electron chi connectivity index (χ1n) is 11.3. The summed E-state index contributed by atoms with van der Waals surface area (Å²) in [6.45, 7) is 6.19. The van der Waals surface area contributed by atoms with Crippen LogP contribution in [0, 0.1) is 5.92 Å². The Balaban J connectivity index is 1.12. The third kappa shape index (κ3) is 4.01. The lowest BCUT2D eigenvalue weighted by atomic mass is 9.71. The molecule has 1 aromatic carbocycles. The Hall–Kier alpha value is -1.71. The highest BCUT2D eigenvalue weighted by Gasteiger charge is 2.35. The van der Waals surface area contributed by atoms with Crippen molar-refractivity contribution in [3.63, 3.8) is 0 Å². The number of nitrogens with zero attached hydrogens (tertiary/aromatic N) is 3. The first-order chi connectivity index (χ1) is 13.8. The molecule has 5 rings (SSSR count). The highest BCUT2D eigenvalue weighted by atomic mass is 15.2. The van der Waals surface area contributed by atoms with Gasteiger partial charge in [-0.25, -0.2) is 0 Å². The number of pyridine rings is 1. The van der Waals surface area contributed by atoms with Gasteiger partial charge in [0.15, 0.2) is 0 Å². The molecule has 1 saturated carbocycles. The van der Waals surface area contributed by atoms with Crippen LogP contribution in [-0.4, -0.2) is 41.0 Å². The molecule has 1 aliphatic carbocycles. The van der Waals surface area contributed by atoms with Gasteiger partial charge >= 0.3 is 0 Å². The van der Waals surface area contributed by atoms with Gasteiger partial charge in [0.25, 0.3) is 0 Å². The van der Waals surface area contributed by atoms with E-state index in [1.807, 2.05) is 12.3 Å². The van der Waals surface area contributed by atoms with E-state index in [4.69, 9.17) is 0 Å². The highest BCUT2D eigenvalue weighted by Crippen LogP contribution is 2.44. The molecule has 0 amide bonds. The molecule has 1 atom stereocenters. The van der Waals surface area contributed by atoms with Crippen molar-refractivity contribution in [1.29, 1.82) is 0 Å². The summed E-state index contributed by atoms with van der Waals surface area (Å²) in [5.41, 5.74) is 4.31. The Bertz CT molecular complexity index is 745. The van der Waals surface area contributed by atoms with Gasteiger partial charge in [0.2, 0.25) is 0 Å². The van der Waals surface area contributed by atoms with Gasteiger partial charge in [-0.3, -0.25) is 14.8 Å². The highest BCUT2D eigenvalue weighted by molar-refractivity contribution is 5.27. The largest absolute Gasteiger partial charge is 0.299 e. The molecule has 148 valence electrons. The number of benzene rings is 1. The quantitative estimate of drug-likeness (QED) is 0.708. The van der Waals surface area contributed by atoms with Crippen LogP contribution in [-0.2, 0) is 6.54 Å². The average Bonchev–Trinajstić information content (AvgIpc) is 3.38. The summed E-state index contributed by atoms with van der Waals surface area (Å²) in [7, 11) is 0. The molecule has 2 aromatic rings. The molecule has 1 aromatic heterocycles. The van der Waals surface area contributed by atoms with Crippen LogP contribution >= 0.6 is 0 Å². The van der Waals surface area contributed by atoms with Gasteiger partial charge in [-0.1, -0.05) is 30.3 Å². The fraction of sp³-hybridized carbons (Fsp3) is 0.560. The molecule has 2 saturated heterocycles. The fourth-order valence-electron chi connectivity index (χ4n) is 5.54. The Morgan fingerprint density at radius 3 is 2.46 bits per heavy atom. The van der Waals surface area contributed by atoms with Crippen molar-refractivity contribution in [2.75, 3.05) is 26.2 Å². The summed E-state index contributed by atoms with van der Waals surface area (Å²) in [5, 5.41) is 0. The van der Waals surface area contributed by atoms with Gasteiger partial charge in [-0.15, -0.1) is 0 Å². The van der Waals surface area contributed by atoms with Crippen LogP contribution in [0.4, 0.5) is 0 Å². The maximum absolute atomic E-state index is 4.62. The van der Waals surface area contributed by atoms with Gasteiger partial charge in [0.05, 0.1) is 11.7 Å². The van der Waals surface area contributed by atoms with Crippen LogP contribution in [0.5, 0.6) is 0 Å². The molecule has 0 radical (unpaired) electrons. The van der Waals surface area contributed by atoms with Gasteiger partial charge in [0, 0.05) is 19.3 Å². The van der Waals surface area contributed by atoms with Crippen LogP contribution in [0.25, 0.3) is 0 Å². The molecule has 3 aliphatic rings. The number of aromatic nitrogens is 1. The van der Waals surface area contributed by atoms with E-state index >= 15 is 0 Å². The Kier molecular flexibility index (Phi) is 5.46. The Labute approximate surface area is 169 Å². The smallest absolute Gasteiger partial charge is 0.0575 e. The van der Waals surface area contributed by atoms with Crippen molar-refractivity contribution in [3.05, 3.63) is 65.5 Å². The maximum atomic E-state index is 4.62. The van der Waals surface area contributed by atoms with E-state index in [0.29, 0.717) is 6.04 Å². The minimum absolute atomic E-state index is 0.546. The molecule has 1 unspecified atom stereocenters. The first kappa shape index (κ1) is 18.3. The van der Waals surface area contributed by atoms with Gasteiger partial charge < -0.3 is 0 Å². The van der Waals surface area contributed by atoms with Gasteiger partial charge in [-0.2, -0.15) is 0 Å². The zero-order chi connectivity index (χ0) is 18.8. The molecule has 2 aliphatic heterocycles. The van der Waals surface area contributed by atoms with Crippen molar-refractivity contribution in [2.24, 2.45) is 5.92 Å². The lowest BCUT2D eigenvalue weighted by Gasteiger charge is -2.39. The second kappa shape index (κ2) is 8.34. The van der Waals surface area contributed by atoms with Crippen molar-refractivity contribution < 1.29 is 0 Å². The SMILES string of the molecule is c1ccc(C2CCCN2C[C@H]2C[C@@H](c3ccc(CN4CCCC4)cc3)C2)nc1. The lowest BCUT2D eigenvalue weighted by molar-refractivity contribution is 0.147. The third-order valence-electron chi connectivity index (χ3n) is 7.18. The van der Waals surface area contributed by atoms with Crippen LogP contribution in [0.15, 0.2) is 48.7 Å². The van der Waals surface area contributed by atoms with Crippen LogP contribution in [0.1, 0.15) is 67.3 Å². The predicted molar refractivity (Wildman–Crippen MR) is 114 cm³/mol. The van der Waals surface area contributed by atoms with E-state index in [9.17, 15) is 0 Å². The molecular weight excluding hydrogens is 342 g/mol. The summed E-state index contributed by atoms with van der Waals surface area (Å²) in [6.07, 6.45) is 9.99. The summed E-state index contributed by atoms with van der Waals surface area (Å²) < 4.78 is 0. The van der Waals surface area contributed by atoms with Crippen LogP contribution in [0.3, 0.4) is 0 Å². The average molecular weight is 376 g/mol. The molecule has 0 spiro atoms. The van der Waals surface area contributed by atoms with Crippen molar-refractivity contribution in [2.45, 2.75) is 57.0 Å². The first-order valence-corrected chi connectivity index (χ1v) is 11.3. The predicted octanol–water partition coefficient (Wildman–Crippen LogP) is 5.01. The molecule has 0 bridgehead atoms. The van der Waals surface area contributed by atoms with E-state index in [-0.39, 0.29) is 0 Å². The fourth-order valence-corrected chi connectivity index (χ4v) is 5.54. The molecular formula is C25H33N3. The lowest BCUT2D eigenvalue weighted by Crippen LogP contribution is -2.35. The van der Waals surface area contributed by atoms with Gasteiger partial charge in [-0.05, 0) is 93.3 Å². The second-order valence-electron chi connectivity index (χ2n) is 9.17. The third-order valence-corrected chi connectivity index (χ3v) is 7.18. The number of likely N-dealkylation sites (tertiary alicyclic amines) is 2. The monoisotopic (exact) mass is 375 g/mol. The number of hydrogen-bond acceptors (Lipinski definition) is 3. The van der Waals surface area contributed by atoms with Crippen LogP contribution < -0.4 is 0 Å². The maximum Gasteiger partial charge on any atom is 0.0575 e. The zero-order valence-electron chi connectivity index (χ0n) is 17.0. The minimum Gasteiger partial charge on any atom is -0.299 e. The Morgan fingerprint density at radius 1 is 0.893 bits per heavy atom. The molecule has 3 fully saturated rings. The minimum atomic E-state index is 0.546. The summed E-state index contributed by atoms with van der Waals surface area (Å²) in [5.74, 6) is 1.64. The number of hydrogen-bond donors (Lipinski definition) is 0. The van der Waals surface area contributed by atoms with Crippen molar-refractivity contribution in [1.82, 2.24) is 14.8 Å². The summed E-state index contributed by atoms with van der Waals surface area (Å²) in [4.78, 5) is 9.91.